The number of carbonyl (C=O) groups is 2. The van der Waals surface area contributed by atoms with Crippen molar-refractivity contribution >= 4 is 34.1 Å². The highest BCUT2D eigenvalue weighted by molar-refractivity contribution is 6.04. The number of benzene rings is 1. The lowest BCUT2D eigenvalue weighted by atomic mass is 9.99. The summed E-state index contributed by atoms with van der Waals surface area (Å²) < 4.78 is 5.22. The number of anilines is 2. The van der Waals surface area contributed by atoms with Gasteiger partial charge in [0.25, 0.3) is 0 Å². The van der Waals surface area contributed by atoms with Crippen LogP contribution < -0.4 is 11.1 Å². The number of rotatable bonds is 4. The van der Waals surface area contributed by atoms with Gasteiger partial charge in [-0.05, 0) is 47.7 Å². The summed E-state index contributed by atoms with van der Waals surface area (Å²) in [4.78, 5) is 34.5. The Labute approximate surface area is 179 Å². The number of hydrogen-bond donors (Lipinski definition) is 2. The normalized spacial score (nSPS) is 14.2. The van der Waals surface area contributed by atoms with Gasteiger partial charge in [0.1, 0.15) is 5.82 Å². The Bertz CT molecular complexity index is 1170. The van der Waals surface area contributed by atoms with Crippen molar-refractivity contribution in [1.82, 2.24) is 14.9 Å². The van der Waals surface area contributed by atoms with Crippen LogP contribution in [-0.4, -0.2) is 53.0 Å². The molecule has 0 spiro atoms. The van der Waals surface area contributed by atoms with E-state index >= 15 is 0 Å². The van der Waals surface area contributed by atoms with Crippen molar-refractivity contribution in [1.29, 1.82) is 0 Å². The van der Waals surface area contributed by atoms with Crippen molar-refractivity contribution in [2.75, 3.05) is 37.4 Å². The minimum absolute atomic E-state index is 0.214. The Morgan fingerprint density at radius 3 is 2.74 bits per heavy atom. The van der Waals surface area contributed by atoms with E-state index in [4.69, 9.17) is 10.5 Å². The minimum Gasteiger partial charge on any atom is -0.398 e. The highest BCUT2D eigenvalue weighted by Crippen LogP contribution is 2.31. The third-order valence-corrected chi connectivity index (χ3v) is 5.17. The number of nitrogens with zero attached hydrogens (tertiary/aromatic N) is 3. The fourth-order valence-electron chi connectivity index (χ4n) is 3.48. The number of hydrogen-bond acceptors (Lipinski definition) is 6. The van der Waals surface area contributed by atoms with Gasteiger partial charge < -0.3 is 20.7 Å². The van der Waals surface area contributed by atoms with E-state index in [1.165, 1.54) is 12.2 Å². The zero-order chi connectivity index (χ0) is 21.8. The molecule has 8 nitrogen and oxygen atoms in total. The molecule has 8 heteroatoms. The number of morpholine rings is 1. The summed E-state index contributed by atoms with van der Waals surface area (Å²) >= 11 is 0. The van der Waals surface area contributed by atoms with Crippen LogP contribution in [0.15, 0.2) is 55.0 Å². The Kier molecular flexibility index (Phi) is 5.90. The monoisotopic (exact) mass is 417 g/mol. The van der Waals surface area contributed by atoms with E-state index in [1.807, 2.05) is 25.1 Å². The maximum atomic E-state index is 12.3. The second kappa shape index (κ2) is 8.93. The van der Waals surface area contributed by atoms with Crippen LogP contribution in [0.5, 0.6) is 0 Å². The SMILES string of the molecule is Cc1ccncc1-c1cc(N)c2cnc(NC(=O)/C=C/C(=O)N3CCOCC3)cc2c1. The van der Waals surface area contributed by atoms with Crippen molar-refractivity contribution in [3.63, 3.8) is 0 Å². The Balaban J connectivity index is 1.53. The summed E-state index contributed by atoms with van der Waals surface area (Å²) in [5, 5.41) is 4.33. The fraction of sp³-hybridized carbons (Fsp3) is 0.217. The largest absolute Gasteiger partial charge is 0.398 e. The molecular weight excluding hydrogens is 394 g/mol. The molecule has 0 bridgehead atoms. The van der Waals surface area contributed by atoms with Crippen molar-refractivity contribution < 1.29 is 14.3 Å². The summed E-state index contributed by atoms with van der Waals surface area (Å²) in [5.41, 5.74) is 9.85. The third kappa shape index (κ3) is 4.70. The van der Waals surface area contributed by atoms with E-state index in [-0.39, 0.29) is 5.91 Å². The fourth-order valence-corrected chi connectivity index (χ4v) is 3.48. The highest BCUT2D eigenvalue weighted by atomic mass is 16.5. The molecule has 3 N–H and O–H groups in total. The summed E-state index contributed by atoms with van der Waals surface area (Å²) in [6.45, 7) is 4.08. The molecule has 2 amide bonds. The number of fused-ring (bicyclic) bond motifs is 1. The smallest absolute Gasteiger partial charge is 0.249 e. The number of nitrogens with two attached hydrogens (primary N) is 1. The number of aromatic nitrogens is 2. The van der Waals surface area contributed by atoms with Crippen molar-refractivity contribution in [2.45, 2.75) is 6.92 Å². The molecular formula is C23H23N5O3. The van der Waals surface area contributed by atoms with Crippen LogP contribution in [0.4, 0.5) is 11.5 Å². The summed E-state index contributed by atoms with van der Waals surface area (Å²) in [6, 6.07) is 7.59. The number of carbonyl (C=O) groups excluding carboxylic acids is 2. The van der Waals surface area contributed by atoms with Gasteiger partial charge in [-0.3, -0.25) is 14.6 Å². The van der Waals surface area contributed by atoms with Gasteiger partial charge in [0.15, 0.2) is 0 Å². The van der Waals surface area contributed by atoms with Gasteiger partial charge >= 0.3 is 0 Å². The average molecular weight is 417 g/mol. The minimum atomic E-state index is -0.430. The standard InChI is InChI=1S/C23H23N5O3/c1-15-4-5-25-13-18(15)16-10-17-12-21(26-14-19(17)20(24)11-16)27-22(29)2-3-23(30)28-6-8-31-9-7-28/h2-5,10-14H,6-9,24H2,1H3,(H,26,27,29)/b3-2+. The van der Waals surface area contributed by atoms with Crippen LogP contribution >= 0.6 is 0 Å². The molecule has 0 atom stereocenters. The van der Waals surface area contributed by atoms with E-state index in [9.17, 15) is 9.59 Å². The first-order valence-electron chi connectivity index (χ1n) is 9.97. The first-order chi connectivity index (χ1) is 15.0. The molecule has 158 valence electrons. The van der Waals surface area contributed by atoms with Crippen molar-refractivity contribution in [2.24, 2.45) is 0 Å². The second-order valence-electron chi connectivity index (χ2n) is 7.31. The van der Waals surface area contributed by atoms with Crippen LogP contribution in [0.2, 0.25) is 0 Å². The lowest BCUT2D eigenvalue weighted by Crippen LogP contribution is -2.39. The Hall–Kier alpha value is -3.78. The van der Waals surface area contributed by atoms with Crippen LogP contribution in [0, 0.1) is 6.92 Å². The lowest BCUT2D eigenvalue weighted by Gasteiger charge is -2.25. The Morgan fingerprint density at radius 2 is 1.97 bits per heavy atom. The number of ether oxygens (including phenoxy) is 1. The number of nitrogens with one attached hydrogen (secondary N) is 1. The highest BCUT2D eigenvalue weighted by Gasteiger charge is 2.14. The van der Waals surface area contributed by atoms with Crippen LogP contribution in [0.1, 0.15) is 5.56 Å². The van der Waals surface area contributed by atoms with Gasteiger partial charge in [-0.15, -0.1) is 0 Å². The number of aryl methyl sites for hydroxylation is 1. The van der Waals surface area contributed by atoms with E-state index in [0.717, 1.165) is 27.5 Å². The van der Waals surface area contributed by atoms with E-state index < -0.39 is 5.91 Å². The topological polar surface area (TPSA) is 110 Å². The van der Waals surface area contributed by atoms with Crippen molar-refractivity contribution in [3.05, 3.63) is 60.6 Å². The van der Waals surface area contributed by atoms with E-state index in [0.29, 0.717) is 37.8 Å². The zero-order valence-electron chi connectivity index (χ0n) is 17.2. The molecule has 2 aromatic heterocycles. The molecule has 3 heterocycles. The molecule has 0 aliphatic carbocycles. The molecule has 1 aliphatic rings. The predicted octanol–water partition coefficient (Wildman–Crippen LogP) is 2.54. The van der Waals surface area contributed by atoms with Gasteiger partial charge in [0.2, 0.25) is 11.8 Å². The van der Waals surface area contributed by atoms with Crippen LogP contribution in [-0.2, 0) is 14.3 Å². The molecule has 3 aromatic rings. The van der Waals surface area contributed by atoms with E-state index in [1.54, 1.807) is 29.6 Å². The summed E-state index contributed by atoms with van der Waals surface area (Å²) in [5.74, 6) is -0.268. The lowest BCUT2D eigenvalue weighted by molar-refractivity contribution is -0.130. The van der Waals surface area contributed by atoms with Gasteiger partial charge in [0.05, 0.1) is 13.2 Å². The maximum absolute atomic E-state index is 12.3. The molecule has 1 aromatic carbocycles. The number of pyridine rings is 2. The second-order valence-corrected chi connectivity index (χ2v) is 7.31. The molecule has 0 unspecified atom stereocenters. The predicted molar refractivity (Wildman–Crippen MR) is 119 cm³/mol. The third-order valence-electron chi connectivity index (χ3n) is 5.17. The quantitative estimate of drug-likeness (QED) is 0.499. The number of amides is 2. The van der Waals surface area contributed by atoms with E-state index in [2.05, 4.69) is 15.3 Å². The summed E-state index contributed by atoms with van der Waals surface area (Å²) in [7, 11) is 0. The molecule has 1 fully saturated rings. The maximum Gasteiger partial charge on any atom is 0.249 e. The molecule has 1 saturated heterocycles. The first kappa shape index (κ1) is 20.5. The zero-order valence-corrected chi connectivity index (χ0v) is 17.2. The number of nitrogen functional groups attached to an aromatic ring is 1. The van der Waals surface area contributed by atoms with Crippen LogP contribution in [0.3, 0.4) is 0 Å². The van der Waals surface area contributed by atoms with Gasteiger partial charge in [0, 0.05) is 60.5 Å². The molecule has 31 heavy (non-hydrogen) atoms. The van der Waals surface area contributed by atoms with Gasteiger partial charge in [-0.2, -0.15) is 0 Å². The molecule has 0 radical (unpaired) electrons. The first-order valence-corrected chi connectivity index (χ1v) is 9.97. The van der Waals surface area contributed by atoms with Crippen molar-refractivity contribution in [3.8, 4) is 11.1 Å². The molecule has 0 saturated carbocycles. The van der Waals surface area contributed by atoms with Gasteiger partial charge in [-0.1, -0.05) is 0 Å². The van der Waals surface area contributed by atoms with Crippen LogP contribution in [0.25, 0.3) is 21.9 Å². The molecule has 4 rings (SSSR count). The molecule has 1 aliphatic heterocycles. The average Bonchev–Trinajstić information content (AvgIpc) is 2.78. The van der Waals surface area contributed by atoms with Gasteiger partial charge in [-0.25, -0.2) is 4.98 Å². The summed E-state index contributed by atoms with van der Waals surface area (Å²) in [6.07, 6.45) is 7.66. The Morgan fingerprint density at radius 1 is 1.16 bits per heavy atom.